The van der Waals surface area contributed by atoms with Gasteiger partial charge in [-0.2, -0.15) is 0 Å². The first kappa shape index (κ1) is 31.5. The van der Waals surface area contributed by atoms with E-state index in [4.69, 9.17) is 4.74 Å². The van der Waals surface area contributed by atoms with Crippen LogP contribution in [-0.2, 0) is 28.7 Å². The molecule has 3 N–H and O–H groups in total. The summed E-state index contributed by atoms with van der Waals surface area (Å²) in [5, 5.41) is 31.9. The average Bonchev–Trinajstić information content (AvgIpc) is 3.07. The van der Waals surface area contributed by atoms with Crippen LogP contribution in [0.25, 0.3) is 0 Å². The maximum absolute atomic E-state index is 14.6. The third kappa shape index (κ3) is 4.36. The van der Waals surface area contributed by atoms with E-state index < -0.39 is 75.4 Å². The van der Waals surface area contributed by atoms with Crippen molar-refractivity contribution in [3.05, 3.63) is 11.1 Å². The van der Waals surface area contributed by atoms with Gasteiger partial charge in [0.2, 0.25) is 5.78 Å². The molecule has 0 bridgehead atoms. The molecule has 9 nitrogen and oxygen atoms in total. The van der Waals surface area contributed by atoms with Crippen LogP contribution in [0.15, 0.2) is 11.1 Å². The van der Waals surface area contributed by atoms with Crippen LogP contribution in [0.2, 0.25) is 0 Å². The smallest absolute Gasteiger partial charge is 0.306 e. The average molecular weight is 575 g/mol. The Hall–Kier alpha value is -2.39. The number of fused-ring (bicyclic) bond motifs is 4. The molecule has 0 amide bonds. The van der Waals surface area contributed by atoms with E-state index in [2.05, 4.69) is 0 Å². The zero-order chi connectivity index (χ0) is 31.0. The fourth-order valence-corrected chi connectivity index (χ4v) is 9.45. The van der Waals surface area contributed by atoms with Crippen LogP contribution in [-0.4, -0.2) is 62.9 Å². The molecule has 4 aliphatic carbocycles. The van der Waals surface area contributed by atoms with Gasteiger partial charge in [0.25, 0.3) is 0 Å². The number of ether oxygens (including phenoxy) is 1. The summed E-state index contributed by atoms with van der Waals surface area (Å²) in [7, 11) is 0. The quantitative estimate of drug-likeness (QED) is 0.386. The maximum Gasteiger partial charge on any atom is 0.306 e. The second kappa shape index (κ2) is 10.1. The van der Waals surface area contributed by atoms with E-state index >= 15 is 0 Å². The van der Waals surface area contributed by atoms with E-state index in [0.717, 1.165) is 0 Å². The molecule has 2 saturated carbocycles. The Kier molecular flexibility index (Phi) is 7.78. The van der Waals surface area contributed by atoms with Gasteiger partial charge < -0.3 is 20.1 Å². The lowest BCUT2D eigenvalue weighted by molar-refractivity contribution is -0.178. The van der Waals surface area contributed by atoms with Gasteiger partial charge in [-0.25, -0.2) is 0 Å². The number of rotatable bonds is 7. The number of carboxylic acids is 1. The molecule has 0 heterocycles. The first-order valence-electron chi connectivity index (χ1n) is 14.9. The topological polar surface area (TPSA) is 155 Å². The zero-order valence-corrected chi connectivity index (χ0v) is 25.6. The first-order valence-corrected chi connectivity index (χ1v) is 14.9. The van der Waals surface area contributed by atoms with Gasteiger partial charge in [0, 0.05) is 37.2 Å². The number of Topliss-reactive ketones (excluding diaryl/α,β-unsaturated/α-hetero) is 3. The fraction of sp³-hybridized carbons (Fsp3) is 0.781. The van der Waals surface area contributed by atoms with Crippen molar-refractivity contribution in [1.82, 2.24) is 0 Å². The summed E-state index contributed by atoms with van der Waals surface area (Å²) in [6, 6.07) is 0. The van der Waals surface area contributed by atoms with Gasteiger partial charge in [0.15, 0.2) is 6.10 Å². The Labute approximate surface area is 242 Å². The molecular weight excluding hydrogens is 528 g/mol. The van der Waals surface area contributed by atoms with E-state index in [0.29, 0.717) is 24.0 Å². The highest BCUT2D eigenvalue weighted by Crippen LogP contribution is 2.71. The monoisotopic (exact) mass is 574 g/mol. The summed E-state index contributed by atoms with van der Waals surface area (Å²) in [5.74, 6) is -4.60. The minimum Gasteiger partial charge on any atom is -0.481 e. The standard InChI is InChI=1S/C32H46O9/c1-15(11-18(34)12-16(2)28(39)40)19-13-23(37)32(8)24-20(35)14-21-29(4,5)22(36)9-10-30(21,6)25(24)26(38)27(31(19,32)7)41-17(3)33/h15-16,19-22,27,35-36H,9-14H2,1-8H3,(H,39,40)/t15-,16?,19?,20+,21+,22+,27-,30+,31+,32+/m1/s1. The maximum atomic E-state index is 14.6. The summed E-state index contributed by atoms with van der Waals surface area (Å²) in [5.41, 5.74) is -3.15. The number of hydrogen-bond donors (Lipinski definition) is 3. The summed E-state index contributed by atoms with van der Waals surface area (Å²) in [4.78, 5) is 65.5. The fourth-order valence-electron chi connectivity index (χ4n) is 9.45. The molecule has 9 heteroatoms. The van der Waals surface area contributed by atoms with Crippen LogP contribution in [0.3, 0.4) is 0 Å². The predicted octanol–water partition coefficient (Wildman–Crippen LogP) is 3.67. The van der Waals surface area contributed by atoms with E-state index in [1.54, 1.807) is 13.8 Å². The molecule has 0 aromatic rings. The Balaban J connectivity index is 1.87. The van der Waals surface area contributed by atoms with Gasteiger partial charge in [-0.05, 0) is 60.3 Å². The highest BCUT2D eigenvalue weighted by atomic mass is 16.5. The number of carbonyl (C=O) groups is 5. The van der Waals surface area contributed by atoms with Crippen molar-refractivity contribution in [3.63, 3.8) is 0 Å². The molecule has 4 aliphatic rings. The zero-order valence-electron chi connectivity index (χ0n) is 25.6. The van der Waals surface area contributed by atoms with Crippen LogP contribution < -0.4 is 0 Å². The van der Waals surface area contributed by atoms with Crippen molar-refractivity contribution in [3.8, 4) is 0 Å². The minimum absolute atomic E-state index is 0.0164. The number of esters is 1. The van der Waals surface area contributed by atoms with Crippen molar-refractivity contribution in [1.29, 1.82) is 0 Å². The number of carboxylic acid groups (broad SMARTS) is 1. The van der Waals surface area contributed by atoms with E-state index in [-0.39, 0.29) is 43.2 Å². The van der Waals surface area contributed by atoms with Crippen molar-refractivity contribution >= 4 is 29.3 Å². The molecule has 228 valence electrons. The second-order valence-corrected chi connectivity index (χ2v) is 14.5. The number of hydrogen-bond acceptors (Lipinski definition) is 8. The molecule has 0 aromatic heterocycles. The third-order valence-electron chi connectivity index (χ3n) is 12.0. The second-order valence-electron chi connectivity index (χ2n) is 14.5. The van der Waals surface area contributed by atoms with Crippen LogP contribution in [0.1, 0.15) is 93.9 Å². The van der Waals surface area contributed by atoms with Crippen molar-refractivity contribution < 1.29 is 44.0 Å². The molecule has 4 rings (SSSR count). The molecule has 0 spiro atoms. The highest BCUT2D eigenvalue weighted by Gasteiger charge is 2.74. The Morgan fingerprint density at radius 2 is 1.63 bits per heavy atom. The third-order valence-corrected chi connectivity index (χ3v) is 12.0. The first-order chi connectivity index (χ1) is 18.8. The number of ketones is 3. The lowest BCUT2D eigenvalue weighted by Gasteiger charge is -2.62. The summed E-state index contributed by atoms with van der Waals surface area (Å²) < 4.78 is 5.83. The van der Waals surface area contributed by atoms with Crippen LogP contribution in [0.5, 0.6) is 0 Å². The van der Waals surface area contributed by atoms with Gasteiger partial charge in [0.05, 0.1) is 23.5 Å². The Morgan fingerprint density at radius 1 is 1.02 bits per heavy atom. The Bertz CT molecular complexity index is 1220. The van der Waals surface area contributed by atoms with Crippen molar-refractivity contribution in [2.45, 2.75) is 112 Å². The summed E-state index contributed by atoms with van der Waals surface area (Å²) in [6.07, 6.45) is -1.87. The van der Waals surface area contributed by atoms with E-state index in [9.17, 15) is 39.3 Å². The van der Waals surface area contributed by atoms with Crippen LogP contribution >= 0.6 is 0 Å². The van der Waals surface area contributed by atoms with Gasteiger partial charge in [-0.1, -0.05) is 41.5 Å². The number of aliphatic carboxylic acids is 1. The molecule has 10 atom stereocenters. The predicted molar refractivity (Wildman–Crippen MR) is 148 cm³/mol. The van der Waals surface area contributed by atoms with Crippen molar-refractivity contribution in [2.24, 2.45) is 45.3 Å². The molecule has 0 aliphatic heterocycles. The van der Waals surface area contributed by atoms with Gasteiger partial charge in [-0.15, -0.1) is 0 Å². The molecule has 2 fully saturated rings. The van der Waals surface area contributed by atoms with Gasteiger partial charge in [0.1, 0.15) is 11.6 Å². The van der Waals surface area contributed by atoms with Crippen LogP contribution in [0, 0.1) is 45.3 Å². The normalized spacial score (nSPS) is 41.2. The van der Waals surface area contributed by atoms with Gasteiger partial charge >= 0.3 is 11.9 Å². The van der Waals surface area contributed by atoms with Gasteiger partial charge in [-0.3, -0.25) is 24.0 Å². The molecule has 0 aromatic carbocycles. The molecular formula is C32H46O9. The van der Waals surface area contributed by atoms with Crippen LogP contribution in [0.4, 0.5) is 0 Å². The SMILES string of the molecule is CC(=O)O[C@@H]1C(=O)C2=C([C@@H](O)C[C@H]3C(C)(C)[C@@H](O)CC[C@]23C)[C@]2(C)C(=O)CC([C@H](C)CC(=O)CC(C)C(=O)O)[C@@]12C. The summed E-state index contributed by atoms with van der Waals surface area (Å²) in [6.45, 7) is 13.9. The number of aliphatic hydroxyl groups excluding tert-OH is 2. The molecule has 0 saturated heterocycles. The Morgan fingerprint density at radius 3 is 2.20 bits per heavy atom. The largest absolute Gasteiger partial charge is 0.481 e. The number of carbonyl (C=O) groups excluding carboxylic acids is 4. The van der Waals surface area contributed by atoms with E-state index in [1.807, 2.05) is 27.7 Å². The molecule has 2 unspecified atom stereocenters. The lowest BCUT2D eigenvalue weighted by atomic mass is 9.41. The molecule has 0 radical (unpaired) electrons. The minimum atomic E-state index is -1.33. The summed E-state index contributed by atoms with van der Waals surface area (Å²) >= 11 is 0. The van der Waals surface area contributed by atoms with Crippen molar-refractivity contribution in [2.75, 3.05) is 0 Å². The highest BCUT2D eigenvalue weighted by molar-refractivity contribution is 6.08. The lowest BCUT2D eigenvalue weighted by Crippen LogP contribution is -2.65. The molecule has 41 heavy (non-hydrogen) atoms. The van der Waals surface area contributed by atoms with E-state index in [1.165, 1.54) is 13.8 Å². The number of aliphatic hydroxyl groups is 2.